The maximum atomic E-state index is 12.4. The number of carbonyl (C=O) groups is 1. The van der Waals surface area contributed by atoms with E-state index in [2.05, 4.69) is 6.07 Å². The Bertz CT molecular complexity index is 494. The molecule has 0 saturated carbocycles. The molecule has 1 aromatic carbocycles. The Morgan fingerprint density at radius 2 is 2.21 bits per heavy atom. The zero-order valence-corrected chi connectivity index (χ0v) is 11.9. The first-order chi connectivity index (χ1) is 8.95. The number of nitrogens with two attached hydrogens (primary N) is 1. The van der Waals surface area contributed by atoms with Crippen molar-refractivity contribution < 1.29 is 4.79 Å². The minimum Gasteiger partial charge on any atom is -0.399 e. The predicted molar refractivity (Wildman–Crippen MR) is 76.8 cm³/mol. The van der Waals surface area contributed by atoms with Gasteiger partial charge in [0.25, 0.3) is 5.91 Å². The average Bonchev–Trinajstić information content (AvgIpc) is 2.36. The number of hydrogen-bond donors (Lipinski definition) is 1. The summed E-state index contributed by atoms with van der Waals surface area (Å²) in [4.78, 5) is 14.1. The number of nitrogens with zero attached hydrogens (tertiary/aromatic N) is 2. The Balaban J connectivity index is 2.97. The van der Waals surface area contributed by atoms with Crippen LogP contribution < -0.4 is 5.73 Å². The summed E-state index contributed by atoms with van der Waals surface area (Å²) in [7, 11) is 0. The maximum Gasteiger partial charge on any atom is 0.255 e. The van der Waals surface area contributed by atoms with Gasteiger partial charge in [-0.05, 0) is 24.1 Å². The standard InChI is InChI=1S/C14H18ClN3O/c1-10(2)9-18(7-3-6-16)14(19)12-8-11(17)4-5-13(12)15/h4-5,8,10H,3,7,9,17H2,1-2H3. The van der Waals surface area contributed by atoms with Gasteiger partial charge in [-0.1, -0.05) is 25.4 Å². The molecular formula is C14H18ClN3O. The summed E-state index contributed by atoms with van der Waals surface area (Å²) >= 11 is 6.04. The molecule has 5 heteroatoms. The monoisotopic (exact) mass is 279 g/mol. The highest BCUT2D eigenvalue weighted by Gasteiger charge is 2.19. The van der Waals surface area contributed by atoms with Crippen LogP contribution in [0.15, 0.2) is 18.2 Å². The van der Waals surface area contributed by atoms with Gasteiger partial charge in [0.15, 0.2) is 0 Å². The summed E-state index contributed by atoms with van der Waals surface area (Å²) in [5.74, 6) is 0.142. The van der Waals surface area contributed by atoms with Gasteiger partial charge in [-0.25, -0.2) is 0 Å². The quantitative estimate of drug-likeness (QED) is 0.843. The number of anilines is 1. The van der Waals surface area contributed by atoms with Gasteiger partial charge < -0.3 is 10.6 Å². The topological polar surface area (TPSA) is 70.1 Å². The molecule has 0 aromatic heterocycles. The number of nitrogen functional groups attached to an aromatic ring is 1. The second-order valence-corrected chi connectivity index (χ2v) is 5.20. The Kier molecular flexibility index (Phi) is 5.65. The van der Waals surface area contributed by atoms with E-state index in [-0.39, 0.29) is 5.91 Å². The number of nitriles is 1. The summed E-state index contributed by atoms with van der Waals surface area (Å²) in [6, 6.07) is 6.89. The lowest BCUT2D eigenvalue weighted by molar-refractivity contribution is 0.0740. The van der Waals surface area contributed by atoms with Crippen LogP contribution in [0.1, 0.15) is 30.6 Å². The van der Waals surface area contributed by atoms with Crippen molar-refractivity contribution in [3.05, 3.63) is 28.8 Å². The summed E-state index contributed by atoms with van der Waals surface area (Å²) in [6.45, 7) is 5.03. The lowest BCUT2D eigenvalue weighted by Gasteiger charge is -2.24. The van der Waals surface area contributed by atoms with Crippen LogP contribution in [0.4, 0.5) is 5.69 Å². The molecule has 0 aliphatic heterocycles. The molecule has 1 amide bonds. The molecule has 0 aliphatic rings. The van der Waals surface area contributed by atoms with Crippen molar-refractivity contribution in [2.24, 2.45) is 5.92 Å². The number of hydrogen-bond acceptors (Lipinski definition) is 3. The van der Waals surface area contributed by atoms with Crippen LogP contribution in [0.3, 0.4) is 0 Å². The highest BCUT2D eigenvalue weighted by Crippen LogP contribution is 2.21. The molecule has 0 spiro atoms. The first-order valence-corrected chi connectivity index (χ1v) is 6.54. The number of carbonyl (C=O) groups excluding carboxylic acids is 1. The van der Waals surface area contributed by atoms with Gasteiger partial charge in [-0.3, -0.25) is 4.79 Å². The molecule has 0 unspecified atom stereocenters. The highest BCUT2D eigenvalue weighted by molar-refractivity contribution is 6.34. The largest absolute Gasteiger partial charge is 0.399 e. The van der Waals surface area contributed by atoms with E-state index in [1.807, 2.05) is 13.8 Å². The summed E-state index contributed by atoms with van der Waals surface area (Å²) in [5, 5.41) is 9.05. The van der Waals surface area contributed by atoms with Crippen molar-refractivity contribution in [1.29, 1.82) is 5.26 Å². The molecule has 1 rings (SSSR count). The molecule has 0 atom stereocenters. The van der Waals surface area contributed by atoms with Crippen LogP contribution in [-0.4, -0.2) is 23.9 Å². The van der Waals surface area contributed by atoms with Crippen LogP contribution in [0.25, 0.3) is 0 Å². The van der Waals surface area contributed by atoms with Crippen molar-refractivity contribution in [2.75, 3.05) is 18.8 Å². The molecule has 4 nitrogen and oxygen atoms in total. The van der Waals surface area contributed by atoms with Crippen molar-refractivity contribution in [3.8, 4) is 6.07 Å². The third kappa shape index (κ3) is 4.46. The van der Waals surface area contributed by atoms with Gasteiger partial charge in [-0.2, -0.15) is 5.26 Å². The van der Waals surface area contributed by atoms with Crippen LogP contribution in [0, 0.1) is 17.2 Å². The zero-order chi connectivity index (χ0) is 14.4. The zero-order valence-electron chi connectivity index (χ0n) is 11.2. The second kappa shape index (κ2) is 7.01. The number of amides is 1. The van der Waals surface area contributed by atoms with Gasteiger partial charge in [0, 0.05) is 18.8 Å². The molecule has 0 saturated heterocycles. The van der Waals surface area contributed by atoms with E-state index < -0.39 is 0 Å². The molecule has 0 fully saturated rings. The van der Waals surface area contributed by atoms with Gasteiger partial charge in [0.2, 0.25) is 0 Å². The third-order valence-electron chi connectivity index (χ3n) is 2.59. The minimum absolute atomic E-state index is 0.179. The van der Waals surface area contributed by atoms with E-state index in [1.165, 1.54) is 0 Å². The smallest absolute Gasteiger partial charge is 0.255 e. The molecule has 0 bridgehead atoms. The first-order valence-electron chi connectivity index (χ1n) is 6.17. The molecule has 0 heterocycles. The fourth-order valence-electron chi connectivity index (χ4n) is 1.78. The Labute approximate surface area is 118 Å². The van der Waals surface area contributed by atoms with Crippen molar-refractivity contribution >= 4 is 23.2 Å². The van der Waals surface area contributed by atoms with Crippen molar-refractivity contribution in [2.45, 2.75) is 20.3 Å². The van der Waals surface area contributed by atoms with Crippen LogP contribution in [-0.2, 0) is 0 Å². The van der Waals surface area contributed by atoms with E-state index in [4.69, 9.17) is 22.6 Å². The van der Waals surface area contributed by atoms with Gasteiger partial charge in [0.1, 0.15) is 0 Å². The maximum absolute atomic E-state index is 12.4. The fourth-order valence-corrected chi connectivity index (χ4v) is 1.98. The second-order valence-electron chi connectivity index (χ2n) is 4.79. The van der Waals surface area contributed by atoms with Crippen LogP contribution in [0.2, 0.25) is 5.02 Å². The lowest BCUT2D eigenvalue weighted by atomic mass is 10.1. The van der Waals surface area contributed by atoms with E-state index >= 15 is 0 Å². The summed E-state index contributed by atoms with van der Waals surface area (Å²) in [6.07, 6.45) is 0.304. The molecule has 102 valence electrons. The SMILES string of the molecule is CC(C)CN(CCC#N)C(=O)c1cc(N)ccc1Cl. The third-order valence-corrected chi connectivity index (χ3v) is 2.92. The van der Waals surface area contributed by atoms with Crippen LogP contribution in [0.5, 0.6) is 0 Å². The van der Waals surface area contributed by atoms with Crippen LogP contribution >= 0.6 is 11.6 Å². The minimum atomic E-state index is -0.179. The fraction of sp³-hybridized carbons (Fsp3) is 0.429. The number of rotatable bonds is 5. The molecule has 2 N–H and O–H groups in total. The van der Waals surface area contributed by atoms with Gasteiger partial charge in [-0.15, -0.1) is 0 Å². The average molecular weight is 280 g/mol. The summed E-state index contributed by atoms with van der Waals surface area (Å²) < 4.78 is 0. The summed E-state index contributed by atoms with van der Waals surface area (Å²) in [5.41, 5.74) is 6.57. The Hall–Kier alpha value is -1.73. The number of benzene rings is 1. The van der Waals surface area contributed by atoms with E-state index in [9.17, 15) is 4.79 Å². The van der Waals surface area contributed by atoms with E-state index in [0.717, 1.165) is 0 Å². The van der Waals surface area contributed by atoms with Crippen molar-refractivity contribution in [3.63, 3.8) is 0 Å². The molecule has 0 aliphatic carbocycles. The molecule has 0 radical (unpaired) electrons. The van der Waals surface area contributed by atoms with E-state index in [0.29, 0.717) is 41.7 Å². The lowest BCUT2D eigenvalue weighted by Crippen LogP contribution is -2.35. The Morgan fingerprint density at radius 1 is 1.53 bits per heavy atom. The predicted octanol–water partition coefficient (Wildman–Crippen LogP) is 2.93. The normalized spacial score (nSPS) is 10.3. The Morgan fingerprint density at radius 3 is 2.79 bits per heavy atom. The van der Waals surface area contributed by atoms with Gasteiger partial charge >= 0.3 is 0 Å². The molecule has 19 heavy (non-hydrogen) atoms. The molecular weight excluding hydrogens is 262 g/mol. The van der Waals surface area contributed by atoms with Crippen molar-refractivity contribution in [1.82, 2.24) is 4.90 Å². The molecule has 1 aromatic rings. The van der Waals surface area contributed by atoms with E-state index in [1.54, 1.807) is 23.1 Å². The number of halogens is 1. The highest BCUT2D eigenvalue weighted by atomic mass is 35.5. The van der Waals surface area contributed by atoms with Gasteiger partial charge in [0.05, 0.1) is 23.1 Å². The first kappa shape index (κ1) is 15.3.